The van der Waals surface area contributed by atoms with Crippen LogP contribution in [0.5, 0.6) is 0 Å². The molecule has 7 heteroatoms. The normalized spacial score (nSPS) is 28.1. The second-order valence-electron chi connectivity index (χ2n) is 7.80. The second kappa shape index (κ2) is 8.72. The molecule has 4 nitrogen and oxygen atoms in total. The predicted octanol–water partition coefficient (Wildman–Crippen LogP) is 4.04. The Bertz CT molecular complexity index is 502. The number of Topliss-reactive ketones (excluding diaryl/α,β-unsaturated/α-hetero) is 1. The van der Waals surface area contributed by atoms with Crippen LogP contribution in [0.4, 0.5) is 13.2 Å². The van der Waals surface area contributed by atoms with E-state index in [9.17, 15) is 22.8 Å². The Morgan fingerprint density at radius 1 is 1.19 bits per heavy atom. The molecule has 1 aliphatic carbocycles. The van der Waals surface area contributed by atoms with Crippen LogP contribution < -0.4 is 5.32 Å². The van der Waals surface area contributed by atoms with Crippen molar-refractivity contribution >= 4 is 11.7 Å². The first-order valence-corrected chi connectivity index (χ1v) is 9.83. The minimum atomic E-state index is -4.37. The van der Waals surface area contributed by atoms with Gasteiger partial charge in [0.05, 0.1) is 12.1 Å². The summed E-state index contributed by atoms with van der Waals surface area (Å²) in [7, 11) is 0. The Labute approximate surface area is 153 Å². The van der Waals surface area contributed by atoms with Crippen molar-refractivity contribution in [2.45, 2.75) is 96.6 Å². The van der Waals surface area contributed by atoms with Gasteiger partial charge in [-0.3, -0.25) is 14.9 Å². The van der Waals surface area contributed by atoms with Crippen LogP contribution >= 0.6 is 0 Å². The number of likely N-dealkylation sites (tertiary alicyclic amines) is 1. The molecule has 0 radical (unpaired) electrons. The van der Waals surface area contributed by atoms with E-state index in [0.29, 0.717) is 19.3 Å². The molecule has 2 rings (SSSR count). The first-order valence-electron chi connectivity index (χ1n) is 9.83. The topological polar surface area (TPSA) is 49.4 Å². The average molecular weight is 376 g/mol. The SMILES string of the molecule is CCC(NC(C1CCCCCCC1)C(F)(F)F)N1C(=O)C(C)C1C(C)=O. The molecular weight excluding hydrogens is 345 g/mol. The second-order valence-corrected chi connectivity index (χ2v) is 7.80. The van der Waals surface area contributed by atoms with Gasteiger partial charge in [-0.05, 0) is 32.1 Å². The lowest BCUT2D eigenvalue weighted by atomic mass is 9.83. The zero-order valence-corrected chi connectivity index (χ0v) is 15.9. The third kappa shape index (κ3) is 4.59. The number of hydrogen-bond donors (Lipinski definition) is 1. The van der Waals surface area contributed by atoms with Gasteiger partial charge in [0.25, 0.3) is 0 Å². The molecule has 0 spiro atoms. The zero-order valence-electron chi connectivity index (χ0n) is 15.9. The van der Waals surface area contributed by atoms with Gasteiger partial charge in [0, 0.05) is 0 Å². The molecule has 1 heterocycles. The fourth-order valence-electron chi connectivity index (χ4n) is 4.48. The molecule has 1 N–H and O–H groups in total. The van der Waals surface area contributed by atoms with Gasteiger partial charge in [0.1, 0.15) is 12.1 Å². The number of carbonyl (C=O) groups is 2. The van der Waals surface area contributed by atoms with Crippen LogP contribution in [0, 0.1) is 11.8 Å². The molecular formula is C19H31F3N2O2. The smallest absolute Gasteiger partial charge is 0.316 e. The number of nitrogens with zero attached hydrogens (tertiary/aromatic N) is 1. The van der Waals surface area contributed by atoms with Crippen LogP contribution in [0.2, 0.25) is 0 Å². The molecule has 4 unspecified atom stereocenters. The number of rotatable bonds is 6. The van der Waals surface area contributed by atoms with Crippen molar-refractivity contribution in [2.75, 3.05) is 0 Å². The van der Waals surface area contributed by atoms with Crippen LogP contribution in [-0.4, -0.2) is 41.0 Å². The van der Waals surface area contributed by atoms with E-state index in [1.807, 2.05) is 0 Å². The first-order chi connectivity index (χ1) is 12.2. The van der Waals surface area contributed by atoms with Crippen LogP contribution in [0.15, 0.2) is 0 Å². The fraction of sp³-hybridized carbons (Fsp3) is 0.895. The average Bonchev–Trinajstić information content (AvgIpc) is 2.53. The quantitative estimate of drug-likeness (QED) is 0.712. The number of carbonyl (C=O) groups excluding carboxylic acids is 2. The van der Waals surface area contributed by atoms with Gasteiger partial charge >= 0.3 is 6.18 Å². The monoisotopic (exact) mass is 376 g/mol. The summed E-state index contributed by atoms with van der Waals surface area (Å²) in [6.45, 7) is 4.80. The lowest BCUT2D eigenvalue weighted by Gasteiger charge is -2.50. The Balaban J connectivity index is 2.17. The molecule has 26 heavy (non-hydrogen) atoms. The lowest BCUT2D eigenvalue weighted by molar-refractivity contribution is -0.185. The van der Waals surface area contributed by atoms with E-state index >= 15 is 0 Å². The molecule has 0 bridgehead atoms. The Kier molecular flexibility index (Phi) is 7.11. The number of halogens is 3. The number of β-lactam (4-membered cyclic amide) rings is 1. The van der Waals surface area contributed by atoms with Crippen LogP contribution in [0.1, 0.15) is 72.1 Å². The maximum atomic E-state index is 13.8. The van der Waals surface area contributed by atoms with Crippen LogP contribution in [0.3, 0.4) is 0 Å². The predicted molar refractivity (Wildman–Crippen MR) is 93.3 cm³/mol. The van der Waals surface area contributed by atoms with E-state index in [0.717, 1.165) is 32.1 Å². The highest BCUT2D eigenvalue weighted by molar-refractivity contribution is 5.99. The minimum absolute atomic E-state index is 0.174. The number of amides is 1. The van der Waals surface area contributed by atoms with Gasteiger partial charge in [-0.15, -0.1) is 0 Å². The van der Waals surface area contributed by atoms with Crippen molar-refractivity contribution in [3.63, 3.8) is 0 Å². The molecule has 0 aromatic carbocycles. The molecule has 4 atom stereocenters. The van der Waals surface area contributed by atoms with E-state index in [1.165, 1.54) is 11.8 Å². The fourth-order valence-corrected chi connectivity index (χ4v) is 4.48. The summed E-state index contributed by atoms with van der Waals surface area (Å²) in [6, 6.07) is -2.26. The van der Waals surface area contributed by atoms with Crippen LogP contribution in [-0.2, 0) is 9.59 Å². The standard InChI is InChI=1S/C19H31F3N2O2/c1-4-15(24-16(13(3)25)12(2)18(24)26)23-17(19(20,21)22)14-10-8-6-5-7-9-11-14/h12,14-17,23H,4-11H2,1-3H3. The van der Waals surface area contributed by atoms with Crippen molar-refractivity contribution in [2.24, 2.45) is 11.8 Å². The van der Waals surface area contributed by atoms with Gasteiger partial charge in [0.2, 0.25) is 5.91 Å². The van der Waals surface area contributed by atoms with E-state index in [2.05, 4.69) is 5.32 Å². The molecule has 1 amide bonds. The third-order valence-electron chi connectivity index (χ3n) is 5.90. The summed E-state index contributed by atoms with van der Waals surface area (Å²) in [4.78, 5) is 25.4. The Morgan fingerprint density at radius 2 is 1.73 bits per heavy atom. The highest BCUT2D eigenvalue weighted by atomic mass is 19.4. The summed E-state index contributed by atoms with van der Waals surface area (Å²) < 4.78 is 41.5. The molecule has 0 aromatic rings. The number of nitrogens with one attached hydrogen (secondary N) is 1. The van der Waals surface area contributed by atoms with Crippen molar-refractivity contribution in [3.8, 4) is 0 Å². The van der Waals surface area contributed by atoms with Crippen molar-refractivity contribution in [1.29, 1.82) is 0 Å². The van der Waals surface area contributed by atoms with Gasteiger partial charge in [-0.1, -0.05) is 46.0 Å². The Morgan fingerprint density at radius 3 is 2.19 bits per heavy atom. The molecule has 1 aliphatic heterocycles. The molecule has 0 aromatic heterocycles. The third-order valence-corrected chi connectivity index (χ3v) is 5.90. The highest BCUT2D eigenvalue weighted by Gasteiger charge is 2.52. The number of ketones is 1. The van der Waals surface area contributed by atoms with Crippen molar-refractivity contribution < 1.29 is 22.8 Å². The molecule has 1 saturated carbocycles. The van der Waals surface area contributed by atoms with Crippen molar-refractivity contribution in [1.82, 2.24) is 10.2 Å². The maximum absolute atomic E-state index is 13.8. The molecule has 2 aliphatic rings. The minimum Gasteiger partial charge on any atom is -0.316 e. The summed E-state index contributed by atoms with van der Waals surface area (Å²) in [5.74, 6) is -1.35. The summed E-state index contributed by atoms with van der Waals surface area (Å²) >= 11 is 0. The van der Waals surface area contributed by atoms with Crippen molar-refractivity contribution in [3.05, 3.63) is 0 Å². The van der Waals surface area contributed by atoms with E-state index in [4.69, 9.17) is 0 Å². The van der Waals surface area contributed by atoms with Gasteiger partial charge in [0.15, 0.2) is 5.78 Å². The number of hydrogen-bond acceptors (Lipinski definition) is 3. The van der Waals surface area contributed by atoms with E-state index < -0.39 is 36.3 Å². The molecule has 2 fully saturated rings. The highest BCUT2D eigenvalue weighted by Crippen LogP contribution is 2.36. The van der Waals surface area contributed by atoms with Crippen LogP contribution in [0.25, 0.3) is 0 Å². The summed E-state index contributed by atoms with van der Waals surface area (Å²) in [6.07, 6.45) is 0.974. The van der Waals surface area contributed by atoms with Gasteiger partial charge < -0.3 is 4.90 Å². The summed E-state index contributed by atoms with van der Waals surface area (Å²) in [5, 5.41) is 2.73. The van der Waals surface area contributed by atoms with E-state index in [-0.39, 0.29) is 11.7 Å². The Hall–Kier alpha value is -1.11. The van der Waals surface area contributed by atoms with Gasteiger partial charge in [-0.2, -0.15) is 13.2 Å². The zero-order chi connectivity index (χ0) is 19.5. The maximum Gasteiger partial charge on any atom is 0.404 e. The van der Waals surface area contributed by atoms with E-state index in [1.54, 1.807) is 13.8 Å². The first kappa shape index (κ1) is 21.2. The van der Waals surface area contributed by atoms with Gasteiger partial charge in [-0.25, -0.2) is 0 Å². The summed E-state index contributed by atoms with van der Waals surface area (Å²) in [5.41, 5.74) is 0. The molecule has 1 saturated heterocycles. The molecule has 150 valence electrons. The number of alkyl halides is 3. The largest absolute Gasteiger partial charge is 0.404 e. The lowest BCUT2D eigenvalue weighted by Crippen LogP contribution is -2.70.